The molecule has 27 heavy (non-hydrogen) atoms. The molecule has 0 unspecified atom stereocenters. The third-order valence-electron chi connectivity index (χ3n) is 4.95. The number of carbonyl (C=O) groups is 1. The number of nitrogens with one attached hydrogen (secondary N) is 2. The number of amides is 1. The fraction of sp³-hybridized carbons (Fsp3) is 0.238. The largest absolute Gasteiger partial charge is 0.459 e. The van der Waals surface area contributed by atoms with E-state index in [4.69, 9.17) is 8.53 Å². The van der Waals surface area contributed by atoms with Gasteiger partial charge < -0.3 is 14.7 Å². The van der Waals surface area contributed by atoms with E-state index in [0.29, 0.717) is 17.4 Å². The Morgan fingerprint density at radius 1 is 1.37 bits per heavy atom. The van der Waals surface area contributed by atoms with Crippen molar-refractivity contribution in [1.29, 1.82) is 0 Å². The summed E-state index contributed by atoms with van der Waals surface area (Å²) in [5, 5.41) is 3.06. The van der Waals surface area contributed by atoms with Crippen molar-refractivity contribution >= 4 is 27.9 Å². The summed E-state index contributed by atoms with van der Waals surface area (Å²) < 4.78 is 42.6. The lowest BCUT2D eigenvalue weighted by molar-refractivity contribution is -0.123. The number of imidazole rings is 1. The first-order chi connectivity index (χ1) is 14.3. The lowest BCUT2D eigenvalue weighted by atomic mass is 10.2. The SMILES string of the molecule is [2H]C([2H])([2H])[C@@H](NC(=O)[C@H]1C[C@@H]1c1nc2ccccc2[nH]1)c1cc2cc(F)ccc2o1. The molecule has 0 bridgehead atoms. The van der Waals surface area contributed by atoms with E-state index in [1.165, 1.54) is 24.3 Å². The Hall–Kier alpha value is -3.15. The van der Waals surface area contributed by atoms with Gasteiger partial charge in [0.2, 0.25) is 5.91 Å². The zero-order chi connectivity index (χ0) is 21.0. The maximum Gasteiger partial charge on any atom is 0.224 e. The highest BCUT2D eigenvalue weighted by molar-refractivity contribution is 5.84. The van der Waals surface area contributed by atoms with Crippen molar-refractivity contribution in [3.63, 3.8) is 0 Å². The van der Waals surface area contributed by atoms with E-state index < -0.39 is 18.7 Å². The van der Waals surface area contributed by atoms with Crippen molar-refractivity contribution in [2.75, 3.05) is 0 Å². The van der Waals surface area contributed by atoms with Gasteiger partial charge in [-0.2, -0.15) is 0 Å². The molecule has 2 aromatic carbocycles. The molecule has 2 heterocycles. The van der Waals surface area contributed by atoms with E-state index in [2.05, 4.69) is 15.3 Å². The van der Waals surface area contributed by atoms with E-state index in [1.54, 1.807) is 0 Å². The molecule has 3 atom stereocenters. The smallest absolute Gasteiger partial charge is 0.224 e. The van der Waals surface area contributed by atoms with Crippen molar-refractivity contribution < 1.29 is 17.7 Å². The van der Waals surface area contributed by atoms with Crippen LogP contribution in [0, 0.1) is 11.7 Å². The maximum absolute atomic E-state index is 13.5. The van der Waals surface area contributed by atoms with Crippen LogP contribution < -0.4 is 5.32 Å². The first-order valence-corrected chi connectivity index (χ1v) is 8.73. The van der Waals surface area contributed by atoms with Gasteiger partial charge in [-0.25, -0.2) is 9.37 Å². The van der Waals surface area contributed by atoms with Crippen LogP contribution in [-0.2, 0) is 4.79 Å². The number of rotatable bonds is 4. The van der Waals surface area contributed by atoms with Gasteiger partial charge in [-0.05, 0) is 49.7 Å². The summed E-state index contributed by atoms with van der Waals surface area (Å²) in [5.41, 5.74) is 2.09. The Bertz CT molecular complexity index is 1230. The van der Waals surface area contributed by atoms with E-state index in [0.717, 1.165) is 16.9 Å². The normalized spacial score (nSPS) is 22.2. The molecule has 2 aromatic heterocycles. The Kier molecular flexibility index (Phi) is 2.88. The molecule has 6 heteroatoms. The topological polar surface area (TPSA) is 70.9 Å². The molecule has 1 aliphatic carbocycles. The molecule has 0 aliphatic heterocycles. The highest BCUT2D eigenvalue weighted by Gasteiger charge is 2.46. The van der Waals surface area contributed by atoms with Gasteiger partial charge in [-0.3, -0.25) is 4.79 Å². The van der Waals surface area contributed by atoms with Gasteiger partial charge >= 0.3 is 0 Å². The molecule has 1 fully saturated rings. The standard InChI is InChI=1S/C21H18FN3O2/c1-11(19-9-12-8-13(22)6-7-18(12)27-19)23-21(26)15-10-14(15)20-24-16-4-2-3-5-17(16)25-20/h2-9,11,14-15H,10H2,1H3,(H,23,26)(H,24,25)/t11-,14+,15+/m1/s1/i1D3. The van der Waals surface area contributed by atoms with E-state index in [9.17, 15) is 9.18 Å². The molecule has 1 saturated carbocycles. The van der Waals surface area contributed by atoms with Gasteiger partial charge in [-0.15, -0.1) is 0 Å². The number of carbonyl (C=O) groups excluding carboxylic acids is 1. The molecule has 1 aliphatic rings. The molecule has 136 valence electrons. The molecule has 0 radical (unpaired) electrons. The quantitative estimate of drug-likeness (QED) is 0.561. The molecule has 0 saturated heterocycles. The first-order valence-electron chi connectivity index (χ1n) is 10.2. The van der Waals surface area contributed by atoms with Gasteiger partial charge in [0, 0.05) is 21.3 Å². The van der Waals surface area contributed by atoms with Crippen LogP contribution in [0.25, 0.3) is 22.0 Å². The minimum atomic E-state index is -2.52. The van der Waals surface area contributed by atoms with Crippen molar-refractivity contribution in [2.45, 2.75) is 25.2 Å². The average Bonchev–Trinajstić information content (AvgIpc) is 3.20. The minimum absolute atomic E-state index is 0.0740. The number of para-hydroxylation sites is 2. The fourth-order valence-corrected chi connectivity index (χ4v) is 3.43. The number of nitrogens with zero attached hydrogens (tertiary/aromatic N) is 1. The number of fused-ring (bicyclic) bond motifs is 2. The van der Waals surface area contributed by atoms with Gasteiger partial charge in [0.05, 0.1) is 17.1 Å². The zero-order valence-electron chi connectivity index (χ0n) is 17.2. The van der Waals surface area contributed by atoms with E-state index in [-0.39, 0.29) is 23.5 Å². The molecule has 0 spiro atoms. The molecular weight excluding hydrogens is 345 g/mol. The van der Waals surface area contributed by atoms with Gasteiger partial charge in [0.15, 0.2) is 0 Å². The summed E-state index contributed by atoms with van der Waals surface area (Å²) in [6, 6.07) is 11.7. The van der Waals surface area contributed by atoms with Crippen molar-refractivity contribution in [3.05, 3.63) is 65.9 Å². The lowest BCUT2D eigenvalue weighted by Crippen LogP contribution is -2.28. The number of aromatic nitrogens is 2. The molecule has 5 rings (SSSR count). The molecule has 1 amide bonds. The monoisotopic (exact) mass is 366 g/mol. The van der Waals surface area contributed by atoms with Gasteiger partial charge in [0.25, 0.3) is 0 Å². The van der Waals surface area contributed by atoms with Crippen LogP contribution in [0.4, 0.5) is 4.39 Å². The van der Waals surface area contributed by atoms with Gasteiger partial charge in [0.1, 0.15) is 23.0 Å². The van der Waals surface area contributed by atoms with Crippen molar-refractivity contribution in [2.24, 2.45) is 5.92 Å². The number of hydrogen-bond acceptors (Lipinski definition) is 3. The van der Waals surface area contributed by atoms with Crippen LogP contribution in [0.1, 0.15) is 40.9 Å². The third-order valence-corrected chi connectivity index (χ3v) is 4.95. The summed E-state index contributed by atoms with van der Waals surface area (Å²) in [6.45, 7) is -2.52. The predicted molar refractivity (Wildman–Crippen MR) is 99.7 cm³/mol. The Morgan fingerprint density at radius 2 is 2.26 bits per heavy atom. The number of H-pyrrole nitrogens is 1. The molecule has 5 nitrogen and oxygen atoms in total. The lowest BCUT2D eigenvalue weighted by Gasteiger charge is -2.11. The molecule has 4 aromatic rings. The van der Waals surface area contributed by atoms with Crippen LogP contribution in [0.5, 0.6) is 0 Å². The fourth-order valence-electron chi connectivity index (χ4n) is 3.43. The van der Waals surface area contributed by atoms with Crippen LogP contribution >= 0.6 is 0 Å². The number of furan rings is 1. The molecule has 2 N–H and O–H groups in total. The Balaban J connectivity index is 1.36. The zero-order valence-corrected chi connectivity index (χ0v) is 14.2. The van der Waals surface area contributed by atoms with E-state index in [1.807, 2.05) is 24.3 Å². The van der Waals surface area contributed by atoms with E-state index >= 15 is 0 Å². The van der Waals surface area contributed by atoms with Gasteiger partial charge in [-0.1, -0.05) is 12.1 Å². The number of benzene rings is 2. The summed E-state index contributed by atoms with van der Waals surface area (Å²) in [5.74, 6) is -0.466. The minimum Gasteiger partial charge on any atom is -0.459 e. The second kappa shape index (κ2) is 5.94. The number of halogens is 1. The third kappa shape index (κ3) is 2.87. The average molecular weight is 366 g/mol. The Labute approximate surface area is 158 Å². The molecular formula is C21H18FN3O2. The second-order valence-electron chi connectivity index (χ2n) is 6.86. The number of hydrogen-bond donors (Lipinski definition) is 2. The summed E-state index contributed by atoms with van der Waals surface area (Å²) in [4.78, 5) is 20.6. The van der Waals surface area contributed by atoms with Crippen molar-refractivity contribution in [1.82, 2.24) is 15.3 Å². The van der Waals surface area contributed by atoms with Crippen molar-refractivity contribution in [3.8, 4) is 0 Å². The predicted octanol–water partition coefficient (Wildman–Crippen LogP) is 4.43. The Morgan fingerprint density at radius 3 is 3.11 bits per heavy atom. The highest BCUT2D eigenvalue weighted by Crippen LogP contribution is 2.47. The van der Waals surface area contributed by atoms with Crippen LogP contribution in [0.2, 0.25) is 0 Å². The second-order valence-corrected chi connectivity index (χ2v) is 6.86. The van der Waals surface area contributed by atoms with Crippen LogP contribution in [-0.4, -0.2) is 15.9 Å². The summed E-state index contributed by atoms with van der Waals surface area (Å²) >= 11 is 0. The highest BCUT2D eigenvalue weighted by atomic mass is 19.1. The van der Waals surface area contributed by atoms with Crippen LogP contribution in [0.3, 0.4) is 0 Å². The summed E-state index contributed by atoms with van der Waals surface area (Å²) in [7, 11) is 0. The maximum atomic E-state index is 13.5. The summed E-state index contributed by atoms with van der Waals surface area (Å²) in [6.07, 6.45) is 0.588. The first kappa shape index (κ1) is 13.1. The van der Waals surface area contributed by atoms with Crippen LogP contribution in [0.15, 0.2) is 52.9 Å². The number of aromatic amines is 1.